The van der Waals surface area contributed by atoms with Gasteiger partial charge in [0.05, 0.1) is 6.54 Å². The maximum atomic E-state index is 13.2. The minimum absolute atomic E-state index is 0.328. The van der Waals surface area contributed by atoms with Gasteiger partial charge in [-0.05, 0) is 38.0 Å². The van der Waals surface area contributed by atoms with Crippen LogP contribution in [0.25, 0.3) is 0 Å². The van der Waals surface area contributed by atoms with E-state index < -0.39 is 5.82 Å². The Labute approximate surface area is 113 Å². The normalized spacial score (nSPS) is 13.2. The van der Waals surface area contributed by atoms with Crippen molar-refractivity contribution >= 4 is 5.96 Å². The van der Waals surface area contributed by atoms with Crippen LogP contribution in [0.1, 0.15) is 32.8 Å². The summed E-state index contributed by atoms with van der Waals surface area (Å²) in [6.07, 6.45) is 0.998. The second-order valence-electron chi connectivity index (χ2n) is 4.43. The average molecular weight is 267 g/mol. The summed E-state index contributed by atoms with van der Waals surface area (Å²) in [6, 6.07) is 4.63. The molecule has 3 N–H and O–H groups in total. The molecule has 0 aliphatic carbocycles. The molecule has 0 saturated heterocycles. The molecule has 1 unspecified atom stereocenters. The summed E-state index contributed by atoms with van der Waals surface area (Å²) in [5.41, 5.74) is 0.719. The van der Waals surface area contributed by atoms with E-state index in [1.807, 2.05) is 6.92 Å². The van der Waals surface area contributed by atoms with Gasteiger partial charge in [0.25, 0.3) is 0 Å². The number of rotatable bonds is 5. The van der Waals surface area contributed by atoms with Gasteiger partial charge in [-0.3, -0.25) is 0 Å². The Morgan fingerprint density at radius 1 is 1.42 bits per heavy atom. The Kier molecular flexibility index (Phi) is 6.12. The van der Waals surface area contributed by atoms with Crippen molar-refractivity contribution in [3.05, 3.63) is 29.6 Å². The largest absolute Gasteiger partial charge is 0.505 e. The molecule has 1 aromatic carbocycles. The van der Waals surface area contributed by atoms with E-state index in [9.17, 15) is 4.39 Å². The number of nitrogens with zero attached hydrogens (tertiary/aromatic N) is 1. The fourth-order valence-corrected chi connectivity index (χ4v) is 1.47. The van der Waals surface area contributed by atoms with Crippen molar-refractivity contribution in [2.45, 2.75) is 39.8 Å². The smallest absolute Gasteiger partial charge is 0.191 e. The topological polar surface area (TPSA) is 56.7 Å². The van der Waals surface area contributed by atoms with Crippen molar-refractivity contribution in [2.24, 2.45) is 4.99 Å². The molecule has 0 aliphatic rings. The van der Waals surface area contributed by atoms with Crippen LogP contribution in [0.2, 0.25) is 0 Å². The zero-order chi connectivity index (χ0) is 14.3. The van der Waals surface area contributed by atoms with E-state index in [2.05, 4.69) is 29.5 Å². The van der Waals surface area contributed by atoms with Crippen LogP contribution >= 0.6 is 0 Å². The first-order valence-electron chi connectivity index (χ1n) is 6.59. The highest BCUT2D eigenvalue weighted by molar-refractivity contribution is 5.80. The highest BCUT2D eigenvalue weighted by Gasteiger charge is 2.04. The van der Waals surface area contributed by atoms with E-state index in [0.29, 0.717) is 18.5 Å². The monoisotopic (exact) mass is 267 g/mol. The fraction of sp³-hybridized carbons (Fsp3) is 0.500. The van der Waals surface area contributed by atoms with E-state index in [1.165, 1.54) is 12.1 Å². The van der Waals surface area contributed by atoms with Crippen molar-refractivity contribution in [1.82, 2.24) is 10.6 Å². The summed E-state index contributed by atoms with van der Waals surface area (Å²) >= 11 is 0. The van der Waals surface area contributed by atoms with Gasteiger partial charge >= 0.3 is 0 Å². The lowest BCUT2D eigenvalue weighted by atomic mass is 10.2. The van der Waals surface area contributed by atoms with Crippen LogP contribution in [0.4, 0.5) is 4.39 Å². The summed E-state index contributed by atoms with van der Waals surface area (Å²) in [5, 5.41) is 15.5. The molecule has 0 aromatic heterocycles. The van der Waals surface area contributed by atoms with Crippen LogP contribution in [-0.2, 0) is 6.54 Å². The minimum Gasteiger partial charge on any atom is -0.505 e. The fourth-order valence-electron chi connectivity index (χ4n) is 1.47. The Morgan fingerprint density at radius 3 is 2.74 bits per heavy atom. The van der Waals surface area contributed by atoms with Gasteiger partial charge in [0, 0.05) is 12.6 Å². The molecule has 1 aromatic rings. The van der Waals surface area contributed by atoms with Gasteiger partial charge in [-0.25, -0.2) is 9.38 Å². The number of aromatic hydroxyl groups is 1. The predicted octanol–water partition coefficient (Wildman–Crippen LogP) is 2.38. The van der Waals surface area contributed by atoms with Crippen LogP contribution < -0.4 is 10.6 Å². The van der Waals surface area contributed by atoms with E-state index in [1.54, 1.807) is 6.07 Å². The van der Waals surface area contributed by atoms with Crippen molar-refractivity contribution in [3.63, 3.8) is 0 Å². The van der Waals surface area contributed by atoms with Crippen LogP contribution in [0.5, 0.6) is 5.75 Å². The number of benzene rings is 1. The van der Waals surface area contributed by atoms with Crippen LogP contribution in [-0.4, -0.2) is 23.7 Å². The maximum absolute atomic E-state index is 13.2. The number of hydrogen-bond donors (Lipinski definition) is 3. The Balaban J connectivity index is 2.70. The molecule has 0 bridgehead atoms. The lowest BCUT2D eigenvalue weighted by molar-refractivity contribution is 0.432. The van der Waals surface area contributed by atoms with Crippen LogP contribution in [0.3, 0.4) is 0 Å². The molecule has 0 spiro atoms. The summed E-state index contributed by atoms with van der Waals surface area (Å²) in [4.78, 5) is 4.39. The maximum Gasteiger partial charge on any atom is 0.191 e. The van der Waals surface area contributed by atoms with Crippen molar-refractivity contribution in [3.8, 4) is 5.75 Å². The first-order chi connectivity index (χ1) is 9.06. The van der Waals surface area contributed by atoms with E-state index in [-0.39, 0.29) is 5.75 Å². The van der Waals surface area contributed by atoms with Crippen molar-refractivity contribution in [2.75, 3.05) is 6.54 Å². The molecule has 0 radical (unpaired) electrons. The third-order valence-electron chi connectivity index (χ3n) is 2.77. The molecular weight excluding hydrogens is 245 g/mol. The molecule has 0 saturated carbocycles. The van der Waals surface area contributed by atoms with Gasteiger partial charge in [0.2, 0.25) is 0 Å². The molecule has 1 atom stereocenters. The highest BCUT2D eigenvalue weighted by Crippen LogP contribution is 2.16. The first kappa shape index (κ1) is 15.3. The highest BCUT2D eigenvalue weighted by atomic mass is 19.1. The second-order valence-corrected chi connectivity index (χ2v) is 4.43. The minimum atomic E-state index is -0.618. The quantitative estimate of drug-likeness (QED) is 0.567. The standard InChI is InChI=1S/C14H22FN3O/c1-4-10(3)18-14(16-5-2)17-9-11-6-7-13(19)12(15)8-11/h6-8,10,19H,4-5,9H2,1-3H3,(H2,16,17,18). The molecule has 0 aliphatic heterocycles. The molecule has 0 heterocycles. The van der Waals surface area contributed by atoms with Crippen LogP contribution in [0, 0.1) is 5.82 Å². The lowest BCUT2D eigenvalue weighted by Gasteiger charge is -2.16. The van der Waals surface area contributed by atoms with E-state index in [0.717, 1.165) is 18.5 Å². The number of halogens is 1. The molecule has 4 nitrogen and oxygen atoms in total. The molecule has 0 amide bonds. The first-order valence-corrected chi connectivity index (χ1v) is 6.59. The average Bonchev–Trinajstić information content (AvgIpc) is 2.40. The van der Waals surface area contributed by atoms with Crippen molar-refractivity contribution < 1.29 is 9.50 Å². The predicted molar refractivity (Wildman–Crippen MR) is 75.8 cm³/mol. The number of nitrogens with one attached hydrogen (secondary N) is 2. The number of aliphatic imine (C=N–C) groups is 1. The zero-order valence-corrected chi connectivity index (χ0v) is 11.7. The number of hydrogen-bond acceptors (Lipinski definition) is 2. The molecule has 19 heavy (non-hydrogen) atoms. The number of phenols is 1. The van der Waals surface area contributed by atoms with Gasteiger partial charge in [0.15, 0.2) is 17.5 Å². The number of guanidine groups is 1. The molecular formula is C14H22FN3O. The molecule has 106 valence electrons. The van der Waals surface area contributed by atoms with E-state index in [4.69, 9.17) is 5.11 Å². The molecule has 5 heteroatoms. The Hall–Kier alpha value is -1.78. The van der Waals surface area contributed by atoms with Gasteiger partial charge < -0.3 is 15.7 Å². The summed E-state index contributed by atoms with van der Waals surface area (Å²) in [5.74, 6) is -0.240. The third kappa shape index (κ3) is 5.16. The Bertz CT molecular complexity index is 435. The van der Waals surface area contributed by atoms with E-state index >= 15 is 0 Å². The zero-order valence-electron chi connectivity index (χ0n) is 11.7. The lowest BCUT2D eigenvalue weighted by Crippen LogP contribution is -2.41. The summed E-state index contributed by atoms with van der Waals surface area (Å²) < 4.78 is 13.2. The van der Waals surface area contributed by atoms with Gasteiger partial charge in [0.1, 0.15) is 0 Å². The third-order valence-corrected chi connectivity index (χ3v) is 2.77. The Morgan fingerprint density at radius 2 is 2.16 bits per heavy atom. The van der Waals surface area contributed by atoms with Gasteiger partial charge in [-0.15, -0.1) is 0 Å². The van der Waals surface area contributed by atoms with Gasteiger partial charge in [-0.1, -0.05) is 13.0 Å². The summed E-state index contributed by atoms with van der Waals surface area (Å²) in [6.45, 7) is 7.30. The van der Waals surface area contributed by atoms with Gasteiger partial charge in [-0.2, -0.15) is 0 Å². The molecule has 1 rings (SSSR count). The summed E-state index contributed by atoms with van der Waals surface area (Å²) in [7, 11) is 0. The van der Waals surface area contributed by atoms with Crippen molar-refractivity contribution in [1.29, 1.82) is 0 Å². The molecule has 0 fully saturated rings. The van der Waals surface area contributed by atoms with Crippen LogP contribution in [0.15, 0.2) is 23.2 Å². The number of phenolic OH excluding ortho intramolecular Hbond substituents is 1. The second kappa shape index (κ2) is 7.61. The SMILES string of the molecule is CCNC(=NCc1ccc(O)c(F)c1)NC(C)CC.